The second kappa shape index (κ2) is 6.36. The van der Waals surface area contributed by atoms with Crippen LogP contribution < -0.4 is 5.32 Å². The van der Waals surface area contributed by atoms with Crippen LogP contribution in [0.1, 0.15) is 10.4 Å². The molecule has 2 N–H and O–H groups in total. The molecule has 1 rings (SSSR count). The van der Waals surface area contributed by atoms with E-state index in [9.17, 15) is 18.3 Å². The number of nitrogens with one attached hydrogen (secondary N) is 1. The molecule has 0 aromatic heterocycles. The lowest BCUT2D eigenvalue weighted by Gasteiger charge is -2.12. The van der Waals surface area contributed by atoms with Gasteiger partial charge in [-0.3, -0.25) is 4.79 Å². The van der Waals surface area contributed by atoms with E-state index in [4.69, 9.17) is 0 Å². The van der Waals surface area contributed by atoms with Gasteiger partial charge in [0, 0.05) is 25.1 Å². The number of halogens is 1. The van der Waals surface area contributed by atoms with Crippen LogP contribution in [0, 0.1) is 0 Å². The molecule has 1 aromatic rings. The second-order valence-corrected chi connectivity index (χ2v) is 7.23. The summed E-state index contributed by atoms with van der Waals surface area (Å²) in [5.41, 5.74) is 0.0941. The molecule has 1 aromatic carbocycles. The van der Waals surface area contributed by atoms with E-state index in [0.29, 0.717) is 4.47 Å². The van der Waals surface area contributed by atoms with Crippen molar-refractivity contribution in [3.05, 3.63) is 28.2 Å². The molecular weight excluding hydrogens is 336 g/mol. The van der Waals surface area contributed by atoms with E-state index in [1.165, 1.54) is 26.2 Å². The fourth-order valence-electron chi connectivity index (χ4n) is 1.26. The molecule has 0 radical (unpaired) electrons. The Morgan fingerprint density at radius 2 is 2.05 bits per heavy atom. The van der Waals surface area contributed by atoms with E-state index in [-0.39, 0.29) is 23.6 Å². The van der Waals surface area contributed by atoms with E-state index in [1.807, 2.05) is 0 Å². The molecule has 1 amide bonds. The van der Waals surface area contributed by atoms with Gasteiger partial charge in [0.2, 0.25) is 10.0 Å². The molecule has 0 heterocycles. The summed E-state index contributed by atoms with van der Waals surface area (Å²) in [6.07, 6.45) is 0. The molecule has 0 aliphatic rings. The normalized spacial score (nSPS) is 11.6. The minimum Gasteiger partial charge on any atom is -0.507 e. The smallest absolute Gasteiger partial charge is 0.255 e. The van der Waals surface area contributed by atoms with Gasteiger partial charge in [-0.25, -0.2) is 12.7 Å². The lowest BCUT2D eigenvalue weighted by Crippen LogP contribution is -2.33. The summed E-state index contributed by atoms with van der Waals surface area (Å²) in [5, 5.41) is 12.0. The number of amides is 1. The largest absolute Gasteiger partial charge is 0.507 e. The highest BCUT2D eigenvalue weighted by Gasteiger charge is 2.15. The summed E-state index contributed by atoms with van der Waals surface area (Å²) >= 11 is 3.19. The zero-order valence-electron chi connectivity index (χ0n) is 10.6. The van der Waals surface area contributed by atoms with Crippen molar-refractivity contribution in [3.63, 3.8) is 0 Å². The van der Waals surface area contributed by atoms with Gasteiger partial charge < -0.3 is 10.4 Å². The average Bonchev–Trinajstić information content (AvgIpc) is 2.31. The minimum atomic E-state index is -3.35. The maximum atomic E-state index is 11.8. The zero-order valence-corrected chi connectivity index (χ0v) is 13.0. The van der Waals surface area contributed by atoms with Crippen molar-refractivity contribution in [3.8, 4) is 5.75 Å². The Bertz CT molecular complexity index is 572. The topological polar surface area (TPSA) is 86.7 Å². The Morgan fingerprint density at radius 1 is 1.42 bits per heavy atom. The van der Waals surface area contributed by atoms with Crippen molar-refractivity contribution < 1.29 is 18.3 Å². The first-order valence-electron chi connectivity index (χ1n) is 5.41. The van der Waals surface area contributed by atoms with Crippen LogP contribution in [-0.4, -0.2) is 50.1 Å². The highest BCUT2D eigenvalue weighted by atomic mass is 79.9. The lowest BCUT2D eigenvalue weighted by atomic mass is 10.2. The third-order valence-electron chi connectivity index (χ3n) is 2.41. The molecule has 0 aliphatic carbocycles. The Hall–Kier alpha value is -1.12. The van der Waals surface area contributed by atoms with Crippen molar-refractivity contribution >= 4 is 31.9 Å². The number of carbonyl (C=O) groups excluding carboxylic acids is 1. The zero-order chi connectivity index (χ0) is 14.6. The summed E-state index contributed by atoms with van der Waals surface area (Å²) in [4.78, 5) is 11.8. The highest BCUT2D eigenvalue weighted by Crippen LogP contribution is 2.21. The Balaban J connectivity index is 2.64. The van der Waals surface area contributed by atoms with Gasteiger partial charge in [-0.05, 0) is 18.2 Å². The van der Waals surface area contributed by atoms with Gasteiger partial charge in [-0.2, -0.15) is 0 Å². The number of sulfonamides is 1. The maximum absolute atomic E-state index is 11.8. The predicted molar refractivity (Wildman–Crippen MR) is 75.6 cm³/mol. The number of hydrogen-bond donors (Lipinski definition) is 2. The van der Waals surface area contributed by atoms with Crippen LogP contribution in [0.4, 0.5) is 0 Å². The van der Waals surface area contributed by atoms with Crippen LogP contribution >= 0.6 is 15.9 Å². The molecule has 0 unspecified atom stereocenters. The Labute approximate surface area is 120 Å². The number of benzene rings is 1. The van der Waals surface area contributed by atoms with E-state index < -0.39 is 15.9 Å². The van der Waals surface area contributed by atoms with Crippen molar-refractivity contribution in [2.75, 3.05) is 26.4 Å². The van der Waals surface area contributed by atoms with Gasteiger partial charge >= 0.3 is 0 Å². The van der Waals surface area contributed by atoms with Gasteiger partial charge in [0.1, 0.15) is 5.75 Å². The molecular formula is C11H15BrN2O4S. The minimum absolute atomic E-state index is 0.0225. The molecule has 0 fully saturated rings. The third-order valence-corrected chi connectivity index (χ3v) is 4.73. The molecule has 8 heteroatoms. The van der Waals surface area contributed by atoms with E-state index in [0.717, 1.165) is 4.31 Å². The van der Waals surface area contributed by atoms with Crippen molar-refractivity contribution in [2.45, 2.75) is 0 Å². The molecule has 0 spiro atoms. The lowest BCUT2D eigenvalue weighted by molar-refractivity contribution is 0.0953. The predicted octanol–water partition coefficient (Wildman–Crippen LogP) is 0.776. The van der Waals surface area contributed by atoms with Crippen LogP contribution in [0.3, 0.4) is 0 Å². The number of rotatable bonds is 5. The SMILES string of the molecule is CN(C)S(=O)(=O)CCNC(=O)c1cc(Br)ccc1O. The number of hydrogen-bond acceptors (Lipinski definition) is 4. The van der Waals surface area contributed by atoms with Gasteiger partial charge in [-0.15, -0.1) is 0 Å². The van der Waals surface area contributed by atoms with Crippen LogP contribution in [0.15, 0.2) is 22.7 Å². The fourth-order valence-corrected chi connectivity index (χ4v) is 2.35. The summed E-state index contributed by atoms with van der Waals surface area (Å²) in [7, 11) is -0.492. The molecule has 19 heavy (non-hydrogen) atoms. The molecule has 0 atom stereocenters. The maximum Gasteiger partial charge on any atom is 0.255 e. The second-order valence-electron chi connectivity index (χ2n) is 4.02. The molecule has 6 nitrogen and oxygen atoms in total. The first-order valence-corrected chi connectivity index (χ1v) is 7.81. The molecule has 0 aliphatic heterocycles. The highest BCUT2D eigenvalue weighted by molar-refractivity contribution is 9.10. The van der Waals surface area contributed by atoms with Crippen molar-refractivity contribution in [1.82, 2.24) is 9.62 Å². The Morgan fingerprint density at radius 3 is 2.63 bits per heavy atom. The van der Waals surface area contributed by atoms with Crippen molar-refractivity contribution in [2.24, 2.45) is 0 Å². The average molecular weight is 351 g/mol. The molecule has 0 saturated carbocycles. The summed E-state index contributed by atoms with van der Waals surface area (Å²) in [5.74, 6) is -0.871. The fraction of sp³-hybridized carbons (Fsp3) is 0.364. The molecule has 0 saturated heterocycles. The number of aromatic hydroxyl groups is 1. The van der Waals surface area contributed by atoms with E-state index in [2.05, 4.69) is 21.2 Å². The standard InChI is InChI=1S/C11H15BrN2O4S/c1-14(2)19(17,18)6-5-13-11(16)9-7-8(12)3-4-10(9)15/h3-4,7,15H,5-6H2,1-2H3,(H,13,16). The van der Waals surface area contributed by atoms with E-state index >= 15 is 0 Å². The quantitative estimate of drug-likeness (QED) is 0.821. The van der Waals surface area contributed by atoms with Gasteiger partial charge in [0.05, 0.1) is 11.3 Å². The number of phenols is 1. The van der Waals surface area contributed by atoms with Crippen LogP contribution in [0.2, 0.25) is 0 Å². The number of phenolic OH excluding ortho intramolecular Hbond substituents is 1. The first-order chi connectivity index (χ1) is 8.74. The van der Waals surface area contributed by atoms with Gasteiger partial charge in [0.25, 0.3) is 5.91 Å². The van der Waals surface area contributed by atoms with Gasteiger partial charge in [-0.1, -0.05) is 15.9 Å². The van der Waals surface area contributed by atoms with Crippen LogP contribution in [0.25, 0.3) is 0 Å². The number of nitrogens with zero attached hydrogens (tertiary/aromatic N) is 1. The summed E-state index contributed by atoms with van der Waals surface area (Å²) in [6, 6.07) is 4.45. The number of carbonyl (C=O) groups is 1. The van der Waals surface area contributed by atoms with Crippen LogP contribution in [-0.2, 0) is 10.0 Å². The van der Waals surface area contributed by atoms with Crippen LogP contribution in [0.5, 0.6) is 5.75 Å². The monoisotopic (exact) mass is 350 g/mol. The summed E-state index contributed by atoms with van der Waals surface area (Å²) in [6.45, 7) is -0.0225. The van der Waals surface area contributed by atoms with E-state index in [1.54, 1.807) is 6.07 Å². The Kier molecular flexibility index (Phi) is 5.33. The third kappa shape index (κ3) is 4.48. The summed E-state index contributed by atoms with van der Waals surface area (Å²) < 4.78 is 24.7. The first kappa shape index (κ1) is 15.9. The van der Waals surface area contributed by atoms with Crippen molar-refractivity contribution in [1.29, 1.82) is 0 Å². The molecule has 0 bridgehead atoms. The molecule has 106 valence electrons. The van der Waals surface area contributed by atoms with Gasteiger partial charge in [0.15, 0.2) is 0 Å².